The summed E-state index contributed by atoms with van der Waals surface area (Å²) in [4.78, 5) is 14.5. The molecule has 10 heteroatoms. The second kappa shape index (κ2) is 5.49. The Hall–Kier alpha value is -2.19. The third kappa shape index (κ3) is 2.08. The van der Waals surface area contributed by atoms with Crippen molar-refractivity contribution in [2.24, 2.45) is 11.8 Å². The van der Waals surface area contributed by atoms with Crippen LogP contribution in [0.15, 0.2) is 18.2 Å². The average molecular weight is 410 g/mol. The Balaban J connectivity index is 1.64. The first-order valence-corrected chi connectivity index (χ1v) is 9.18. The topological polar surface area (TPSA) is 103 Å². The maximum atomic E-state index is 13.4. The molecule has 4 fully saturated rings. The summed E-state index contributed by atoms with van der Waals surface area (Å²) in [6.07, 6.45) is -7.95. The van der Waals surface area contributed by atoms with Crippen molar-refractivity contribution in [3.8, 4) is 6.07 Å². The van der Waals surface area contributed by atoms with Gasteiger partial charge in [0.2, 0.25) is 5.91 Å². The Morgan fingerprint density at radius 1 is 1.31 bits per heavy atom. The van der Waals surface area contributed by atoms with Gasteiger partial charge in [0.1, 0.15) is 29.6 Å². The first kappa shape index (κ1) is 18.8. The molecule has 1 aromatic rings. The van der Waals surface area contributed by atoms with Crippen LogP contribution in [0.5, 0.6) is 0 Å². The molecule has 0 unspecified atom stereocenters. The number of halogens is 3. The van der Waals surface area contributed by atoms with Crippen molar-refractivity contribution in [3.63, 3.8) is 0 Å². The van der Waals surface area contributed by atoms with E-state index in [0.29, 0.717) is 0 Å². The van der Waals surface area contributed by atoms with Gasteiger partial charge in [-0.1, -0.05) is 0 Å². The molecule has 5 rings (SSSR count). The minimum absolute atomic E-state index is 0.0512. The van der Waals surface area contributed by atoms with Gasteiger partial charge in [-0.25, -0.2) is 0 Å². The van der Waals surface area contributed by atoms with Crippen molar-refractivity contribution in [2.45, 2.75) is 49.2 Å². The highest BCUT2D eigenvalue weighted by Gasteiger charge is 2.81. The predicted octanol–water partition coefficient (Wildman–Crippen LogP) is 1.17. The SMILES string of the molecule is C[C@@]12O[C@]3(CCO[C@@H]4[C@H]3[C@H]1C(=O)N4c1ccc(C#N)c(C(F)(F)F)c1)[C@H](O)[C@@H]2O. The Kier molecular flexibility index (Phi) is 3.56. The molecule has 2 N–H and O–H groups in total. The van der Waals surface area contributed by atoms with Gasteiger partial charge in [0, 0.05) is 12.1 Å². The van der Waals surface area contributed by atoms with E-state index in [1.165, 1.54) is 19.1 Å². The number of aliphatic hydroxyl groups excluding tert-OH is 2. The summed E-state index contributed by atoms with van der Waals surface area (Å²) in [6.45, 7) is 1.65. The van der Waals surface area contributed by atoms with Gasteiger partial charge in [-0.05, 0) is 25.1 Å². The highest BCUT2D eigenvalue weighted by Crippen LogP contribution is 2.65. The first-order chi connectivity index (χ1) is 13.6. The number of carbonyl (C=O) groups excluding carboxylic acids is 1. The summed E-state index contributed by atoms with van der Waals surface area (Å²) in [5.74, 6) is -2.02. The fraction of sp³-hybridized carbons (Fsp3) is 0.579. The van der Waals surface area contributed by atoms with Gasteiger partial charge in [-0.15, -0.1) is 0 Å². The Bertz CT molecular complexity index is 962. The minimum Gasteiger partial charge on any atom is -0.387 e. The largest absolute Gasteiger partial charge is 0.417 e. The lowest BCUT2D eigenvalue weighted by atomic mass is 9.63. The normalized spacial score (nSPS) is 42.9. The molecular weight excluding hydrogens is 393 g/mol. The lowest BCUT2D eigenvalue weighted by Crippen LogP contribution is -2.61. The number of aliphatic hydroxyl groups is 2. The summed E-state index contributed by atoms with van der Waals surface area (Å²) in [6, 6.07) is 4.57. The van der Waals surface area contributed by atoms with Crippen molar-refractivity contribution in [1.82, 2.24) is 0 Å². The van der Waals surface area contributed by atoms with Crippen LogP contribution in [0.1, 0.15) is 24.5 Å². The van der Waals surface area contributed by atoms with E-state index in [-0.39, 0.29) is 18.7 Å². The second-order valence-corrected chi connectivity index (χ2v) is 8.19. The number of ether oxygens (including phenoxy) is 2. The van der Waals surface area contributed by atoms with Gasteiger partial charge in [-0.2, -0.15) is 18.4 Å². The number of benzene rings is 1. The molecule has 7 nitrogen and oxygen atoms in total. The highest BCUT2D eigenvalue weighted by molar-refractivity contribution is 6.00. The van der Waals surface area contributed by atoms with E-state index >= 15 is 0 Å². The molecule has 29 heavy (non-hydrogen) atoms. The summed E-state index contributed by atoms with van der Waals surface area (Å²) >= 11 is 0. The van der Waals surface area contributed by atoms with Crippen LogP contribution in [0.3, 0.4) is 0 Å². The van der Waals surface area contributed by atoms with E-state index in [4.69, 9.17) is 14.7 Å². The lowest BCUT2D eigenvalue weighted by Gasteiger charge is -2.44. The Morgan fingerprint density at radius 3 is 2.69 bits per heavy atom. The van der Waals surface area contributed by atoms with Gasteiger partial charge in [0.15, 0.2) is 0 Å². The van der Waals surface area contributed by atoms with Crippen LogP contribution in [0.2, 0.25) is 0 Å². The van der Waals surface area contributed by atoms with Gasteiger partial charge in [-0.3, -0.25) is 9.69 Å². The zero-order valence-corrected chi connectivity index (χ0v) is 15.2. The van der Waals surface area contributed by atoms with Crippen molar-refractivity contribution in [2.75, 3.05) is 11.5 Å². The second-order valence-electron chi connectivity index (χ2n) is 8.19. The third-order valence-corrected chi connectivity index (χ3v) is 6.89. The number of amides is 1. The minimum atomic E-state index is -4.77. The molecule has 2 bridgehead atoms. The van der Waals surface area contributed by atoms with Crippen LogP contribution in [-0.4, -0.2) is 52.4 Å². The average Bonchev–Trinajstić information content (AvgIpc) is 3.20. The number of nitriles is 1. The highest BCUT2D eigenvalue weighted by atomic mass is 19.4. The number of carbonyl (C=O) groups is 1. The molecule has 4 aliphatic rings. The molecule has 1 aromatic carbocycles. The van der Waals surface area contributed by atoms with E-state index in [1.807, 2.05) is 0 Å². The zero-order valence-electron chi connectivity index (χ0n) is 15.2. The molecule has 0 aromatic heterocycles. The lowest BCUT2D eigenvalue weighted by molar-refractivity contribution is -0.165. The van der Waals surface area contributed by atoms with E-state index in [0.717, 1.165) is 17.0 Å². The Morgan fingerprint density at radius 2 is 2.03 bits per heavy atom. The van der Waals surface area contributed by atoms with Crippen LogP contribution in [0.25, 0.3) is 0 Å². The molecule has 1 amide bonds. The molecule has 1 spiro atoms. The Labute approximate surface area is 163 Å². The smallest absolute Gasteiger partial charge is 0.387 e. The van der Waals surface area contributed by atoms with E-state index in [1.54, 1.807) is 0 Å². The number of fused-ring (bicyclic) bond motifs is 2. The molecular formula is C19H17F3N2O5. The summed E-state index contributed by atoms with van der Waals surface area (Å²) in [5.41, 5.74) is -4.29. The molecule has 4 aliphatic heterocycles. The number of hydrogen-bond acceptors (Lipinski definition) is 6. The number of hydrogen-bond donors (Lipinski definition) is 2. The monoisotopic (exact) mass is 410 g/mol. The molecule has 0 radical (unpaired) electrons. The maximum Gasteiger partial charge on any atom is 0.417 e. The number of rotatable bonds is 1. The third-order valence-electron chi connectivity index (χ3n) is 6.89. The summed E-state index contributed by atoms with van der Waals surface area (Å²) < 4.78 is 52.0. The van der Waals surface area contributed by atoms with Gasteiger partial charge in [0.25, 0.3) is 0 Å². The number of nitrogens with zero attached hydrogens (tertiary/aromatic N) is 2. The van der Waals surface area contributed by atoms with Crippen LogP contribution in [0.4, 0.5) is 18.9 Å². The van der Waals surface area contributed by atoms with Crippen LogP contribution >= 0.6 is 0 Å². The molecule has 4 heterocycles. The van der Waals surface area contributed by atoms with Crippen molar-refractivity contribution >= 4 is 11.6 Å². The molecule has 0 aliphatic carbocycles. The van der Waals surface area contributed by atoms with Gasteiger partial charge in [0.05, 0.1) is 35.6 Å². The fourth-order valence-electron chi connectivity index (χ4n) is 5.67. The van der Waals surface area contributed by atoms with Crippen molar-refractivity contribution in [3.05, 3.63) is 29.3 Å². The van der Waals surface area contributed by atoms with Crippen molar-refractivity contribution in [1.29, 1.82) is 5.26 Å². The molecule has 0 saturated carbocycles. The molecule has 7 atom stereocenters. The number of alkyl halides is 3. The fourth-order valence-corrected chi connectivity index (χ4v) is 5.67. The van der Waals surface area contributed by atoms with Crippen molar-refractivity contribution < 1.29 is 37.7 Å². The molecule has 4 saturated heterocycles. The van der Waals surface area contributed by atoms with E-state index in [2.05, 4.69) is 0 Å². The predicted molar refractivity (Wildman–Crippen MR) is 89.2 cm³/mol. The van der Waals surface area contributed by atoms with E-state index < -0.39 is 64.7 Å². The maximum absolute atomic E-state index is 13.4. The van der Waals surface area contributed by atoms with Crippen LogP contribution in [-0.2, 0) is 20.4 Å². The summed E-state index contributed by atoms with van der Waals surface area (Å²) in [5, 5.41) is 30.1. The molecule has 154 valence electrons. The van der Waals surface area contributed by atoms with Crippen LogP contribution < -0.4 is 4.90 Å². The summed E-state index contributed by atoms with van der Waals surface area (Å²) in [7, 11) is 0. The number of anilines is 1. The zero-order chi connectivity index (χ0) is 20.9. The van der Waals surface area contributed by atoms with E-state index in [9.17, 15) is 28.2 Å². The van der Waals surface area contributed by atoms with Gasteiger partial charge < -0.3 is 19.7 Å². The van der Waals surface area contributed by atoms with Crippen LogP contribution in [0, 0.1) is 23.2 Å². The first-order valence-electron chi connectivity index (χ1n) is 9.18. The standard InChI is InChI=1S/C19H17F3N2O5/c1-17-11-12-16(28-5-4-18(12,29-17)14(26)13(17)25)24(15(11)27)9-3-2-8(7-23)10(6-9)19(20,21)22/h2-3,6,11-14,16,25-26H,4-5H2,1H3/t11-,12+,13-,14+,16+,17+,18-/m0/s1. The van der Waals surface area contributed by atoms with Gasteiger partial charge >= 0.3 is 6.18 Å². The quantitative estimate of drug-likeness (QED) is 0.721.